The summed E-state index contributed by atoms with van der Waals surface area (Å²) in [6.07, 6.45) is 0. The highest BCUT2D eigenvalue weighted by atomic mass is 16.5. The van der Waals surface area contributed by atoms with Gasteiger partial charge in [-0.2, -0.15) is 5.26 Å². The number of nitriles is 1. The average Bonchev–Trinajstić information content (AvgIpc) is 2.01. The van der Waals surface area contributed by atoms with E-state index in [-0.39, 0.29) is 0 Å². The summed E-state index contributed by atoms with van der Waals surface area (Å²) in [5.74, 6) is -0.413. The van der Waals surface area contributed by atoms with Crippen LogP contribution in [0.4, 0.5) is 0 Å². The number of esters is 1. The number of hydrogen-bond acceptors (Lipinski definition) is 3. The van der Waals surface area contributed by atoms with Gasteiger partial charge in [0.1, 0.15) is 12.6 Å². The van der Waals surface area contributed by atoms with Crippen LogP contribution in [0.2, 0.25) is 0 Å². The number of hydrogen-bond donors (Lipinski definition) is 0. The molecule has 0 aliphatic rings. The van der Waals surface area contributed by atoms with Gasteiger partial charge in [0.25, 0.3) is 0 Å². The largest absolute Gasteiger partial charge is 0.466 e. The Labute approximate surface area is 78.6 Å². The van der Waals surface area contributed by atoms with Gasteiger partial charge in [0.2, 0.25) is 0 Å². The Kier molecular flexibility index (Phi) is 4.15. The van der Waals surface area contributed by atoms with Gasteiger partial charge in [-0.05, 0) is 0 Å². The number of ether oxygens (including phenoxy) is 1. The van der Waals surface area contributed by atoms with Crippen LogP contribution < -0.4 is 0 Å². The van der Waals surface area contributed by atoms with Crippen LogP contribution in [0.3, 0.4) is 0 Å². The number of quaternary nitrogens is 1. The smallest absolute Gasteiger partial charge is 0.338 e. The Bertz CT molecular complexity index is 251. The molecule has 0 atom stereocenters. The highest BCUT2D eigenvalue weighted by molar-refractivity contribution is 5.87. The van der Waals surface area contributed by atoms with Crippen molar-refractivity contribution in [3.05, 3.63) is 12.2 Å². The molecule has 0 fully saturated rings. The van der Waals surface area contributed by atoms with Crippen LogP contribution in [0.15, 0.2) is 12.2 Å². The Morgan fingerprint density at radius 1 is 1.62 bits per heavy atom. The van der Waals surface area contributed by atoms with Gasteiger partial charge in [0.05, 0.1) is 26.8 Å². The lowest BCUT2D eigenvalue weighted by atomic mass is 10.2. The molecule has 72 valence electrons. The third kappa shape index (κ3) is 4.28. The summed E-state index contributed by atoms with van der Waals surface area (Å²) in [6.45, 7) is 4.37. The summed E-state index contributed by atoms with van der Waals surface area (Å²) in [7, 11) is 5.03. The molecule has 0 aromatic rings. The SMILES string of the molecule is C=C(C[N+](C)(C)CC#N)C(=O)OC. The van der Waals surface area contributed by atoms with E-state index in [2.05, 4.69) is 11.3 Å². The van der Waals surface area contributed by atoms with Gasteiger partial charge in [0.15, 0.2) is 6.54 Å². The van der Waals surface area contributed by atoms with Crippen molar-refractivity contribution in [2.45, 2.75) is 0 Å². The van der Waals surface area contributed by atoms with Crippen LogP contribution in [0.1, 0.15) is 0 Å². The number of carbonyl (C=O) groups excluding carboxylic acids is 1. The fraction of sp³-hybridized carbons (Fsp3) is 0.556. The van der Waals surface area contributed by atoms with E-state index in [9.17, 15) is 4.79 Å². The molecule has 0 spiro atoms. The Balaban J connectivity index is 4.21. The Hall–Kier alpha value is -1.34. The number of likely N-dealkylation sites (N-methyl/N-ethyl adjacent to an activating group) is 1. The van der Waals surface area contributed by atoms with E-state index < -0.39 is 5.97 Å². The van der Waals surface area contributed by atoms with Gasteiger partial charge < -0.3 is 9.22 Å². The maximum atomic E-state index is 11.0. The van der Waals surface area contributed by atoms with Gasteiger partial charge in [-0.3, -0.25) is 0 Å². The van der Waals surface area contributed by atoms with Crippen molar-refractivity contribution in [3.8, 4) is 6.07 Å². The Morgan fingerprint density at radius 3 is 2.54 bits per heavy atom. The van der Waals surface area contributed by atoms with E-state index >= 15 is 0 Å². The van der Waals surface area contributed by atoms with Crippen LogP contribution in [-0.2, 0) is 9.53 Å². The highest BCUT2D eigenvalue weighted by Gasteiger charge is 2.20. The van der Waals surface area contributed by atoms with Crippen molar-refractivity contribution in [1.82, 2.24) is 0 Å². The molecule has 0 unspecified atom stereocenters. The predicted molar refractivity (Wildman–Crippen MR) is 48.6 cm³/mol. The van der Waals surface area contributed by atoms with Gasteiger partial charge in [-0.15, -0.1) is 0 Å². The molecule has 0 aromatic heterocycles. The third-order valence-corrected chi connectivity index (χ3v) is 1.59. The quantitative estimate of drug-likeness (QED) is 0.273. The molecule has 0 aliphatic heterocycles. The molecule has 0 saturated heterocycles. The average molecular weight is 183 g/mol. The van der Waals surface area contributed by atoms with E-state index in [1.54, 1.807) is 0 Å². The van der Waals surface area contributed by atoms with Crippen LogP contribution in [0, 0.1) is 11.3 Å². The molecule has 0 amide bonds. The van der Waals surface area contributed by atoms with Crippen molar-refractivity contribution in [3.63, 3.8) is 0 Å². The summed E-state index contributed by atoms with van der Waals surface area (Å²) in [4.78, 5) is 11.0. The predicted octanol–water partition coefficient (Wildman–Crippen LogP) is 0.316. The summed E-state index contributed by atoms with van der Waals surface area (Å²) in [5.41, 5.74) is 0.391. The zero-order valence-corrected chi connectivity index (χ0v) is 8.33. The molecule has 0 rings (SSSR count). The first-order valence-electron chi connectivity index (χ1n) is 3.88. The second kappa shape index (κ2) is 4.63. The summed E-state index contributed by atoms with van der Waals surface area (Å²) in [5, 5.41) is 8.50. The molecular formula is C9H15N2O2+. The minimum Gasteiger partial charge on any atom is -0.466 e. The second-order valence-corrected chi connectivity index (χ2v) is 3.51. The number of methoxy groups -OCH3 is 1. The Morgan fingerprint density at radius 2 is 2.15 bits per heavy atom. The van der Waals surface area contributed by atoms with Gasteiger partial charge in [-0.1, -0.05) is 6.58 Å². The van der Waals surface area contributed by atoms with Crippen molar-refractivity contribution >= 4 is 5.97 Å². The lowest BCUT2D eigenvalue weighted by molar-refractivity contribution is -0.878. The van der Waals surface area contributed by atoms with Gasteiger partial charge in [0, 0.05) is 0 Å². The van der Waals surface area contributed by atoms with Crippen LogP contribution >= 0.6 is 0 Å². The molecule has 0 bridgehead atoms. The highest BCUT2D eigenvalue weighted by Crippen LogP contribution is 2.03. The van der Waals surface area contributed by atoms with E-state index in [1.807, 2.05) is 20.2 Å². The lowest BCUT2D eigenvalue weighted by Gasteiger charge is -2.26. The number of rotatable bonds is 4. The van der Waals surface area contributed by atoms with Crippen LogP contribution in [0.5, 0.6) is 0 Å². The van der Waals surface area contributed by atoms with Crippen molar-refractivity contribution in [1.29, 1.82) is 5.26 Å². The molecule has 13 heavy (non-hydrogen) atoms. The minimum atomic E-state index is -0.413. The van der Waals surface area contributed by atoms with Crippen molar-refractivity contribution < 1.29 is 14.0 Å². The van der Waals surface area contributed by atoms with Gasteiger partial charge in [-0.25, -0.2) is 4.79 Å². The fourth-order valence-corrected chi connectivity index (χ4v) is 0.973. The molecule has 0 N–H and O–H groups in total. The first-order chi connectivity index (χ1) is 5.93. The zero-order chi connectivity index (χ0) is 10.5. The normalized spacial score (nSPS) is 10.3. The van der Waals surface area contributed by atoms with Crippen molar-refractivity contribution in [2.75, 3.05) is 34.3 Å². The third-order valence-electron chi connectivity index (χ3n) is 1.59. The van der Waals surface area contributed by atoms with Gasteiger partial charge >= 0.3 is 5.97 Å². The monoisotopic (exact) mass is 183 g/mol. The molecule has 0 radical (unpaired) electrons. The summed E-state index contributed by atoms with van der Waals surface area (Å²) < 4.78 is 4.93. The van der Waals surface area contributed by atoms with E-state index in [0.717, 1.165) is 0 Å². The first kappa shape index (κ1) is 11.7. The molecular weight excluding hydrogens is 168 g/mol. The minimum absolute atomic E-state index is 0.343. The summed E-state index contributed by atoms with van der Waals surface area (Å²) in [6, 6.07) is 2.05. The standard InChI is InChI=1S/C9H15N2O2/c1-8(9(12)13-4)7-11(2,3)6-5-10/h1,6-7H2,2-4H3/q+1. The number of nitrogens with zero attached hydrogens (tertiary/aromatic N) is 2. The van der Waals surface area contributed by atoms with E-state index in [0.29, 0.717) is 23.1 Å². The zero-order valence-electron chi connectivity index (χ0n) is 8.33. The topological polar surface area (TPSA) is 50.1 Å². The van der Waals surface area contributed by atoms with E-state index in [4.69, 9.17) is 5.26 Å². The maximum Gasteiger partial charge on any atom is 0.338 e. The van der Waals surface area contributed by atoms with Crippen LogP contribution in [0.25, 0.3) is 0 Å². The second-order valence-electron chi connectivity index (χ2n) is 3.51. The van der Waals surface area contributed by atoms with E-state index in [1.165, 1.54) is 7.11 Å². The van der Waals surface area contributed by atoms with Crippen molar-refractivity contribution in [2.24, 2.45) is 0 Å². The molecule has 4 heteroatoms. The van der Waals surface area contributed by atoms with Crippen LogP contribution in [-0.4, -0.2) is 44.7 Å². The molecule has 0 heterocycles. The first-order valence-corrected chi connectivity index (χ1v) is 3.88. The maximum absolute atomic E-state index is 11.0. The molecule has 4 nitrogen and oxygen atoms in total. The molecule has 0 saturated carbocycles. The fourth-order valence-electron chi connectivity index (χ4n) is 0.973. The lowest BCUT2D eigenvalue weighted by Crippen LogP contribution is -2.42. The molecule has 0 aliphatic carbocycles. The summed E-state index contributed by atoms with van der Waals surface area (Å²) >= 11 is 0. The molecule has 0 aromatic carbocycles. The number of carbonyl (C=O) groups is 1.